The molecule has 0 bridgehead atoms. The van der Waals surface area contributed by atoms with Crippen LogP contribution in [0.5, 0.6) is 0 Å². The minimum Gasteiger partial charge on any atom is -0.338 e. The second-order valence-electron chi connectivity index (χ2n) is 8.82. The van der Waals surface area contributed by atoms with Crippen molar-refractivity contribution in [3.8, 4) is 0 Å². The maximum absolute atomic E-state index is 13.4. The summed E-state index contributed by atoms with van der Waals surface area (Å²) < 4.78 is 1.60. The van der Waals surface area contributed by atoms with Crippen molar-refractivity contribution in [1.82, 2.24) is 19.6 Å². The van der Waals surface area contributed by atoms with Crippen LogP contribution in [-0.2, 0) is 18.4 Å². The molecule has 0 N–H and O–H groups in total. The standard InChI is InChI=1S/C23H30N4O2/c1-17(2)19-7-5-18(6-8-19)15-26-13-4-10-23(22(26)29)11-14-27(16-23)21(28)20-9-12-24-25(20)3/h5-9,12,17H,4,10-11,13-16H2,1-3H3. The van der Waals surface area contributed by atoms with E-state index in [4.69, 9.17) is 0 Å². The second kappa shape index (κ2) is 7.65. The van der Waals surface area contributed by atoms with Gasteiger partial charge in [0.25, 0.3) is 5.91 Å². The zero-order chi connectivity index (χ0) is 20.6. The first kappa shape index (κ1) is 19.7. The van der Waals surface area contributed by atoms with Crippen LogP contribution in [0.2, 0.25) is 0 Å². The van der Waals surface area contributed by atoms with Crippen molar-refractivity contribution in [3.63, 3.8) is 0 Å². The Bertz CT molecular complexity index is 902. The van der Waals surface area contributed by atoms with Gasteiger partial charge in [0.15, 0.2) is 0 Å². The molecule has 2 aromatic rings. The molecule has 154 valence electrons. The molecule has 1 aromatic carbocycles. The topological polar surface area (TPSA) is 58.4 Å². The van der Waals surface area contributed by atoms with E-state index in [1.54, 1.807) is 24.0 Å². The zero-order valence-corrected chi connectivity index (χ0v) is 17.6. The van der Waals surface area contributed by atoms with E-state index in [1.165, 1.54) is 11.1 Å². The van der Waals surface area contributed by atoms with Crippen LogP contribution in [0.25, 0.3) is 0 Å². The van der Waals surface area contributed by atoms with Gasteiger partial charge in [-0.1, -0.05) is 38.1 Å². The van der Waals surface area contributed by atoms with Crippen LogP contribution >= 0.6 is 0 Å². The second-order valence-corrected chi connectivity index (χ2v) is 8.82. The lowest BCUT2D eigenvalue weighted by Gasteiger charge is -2.39. The molecule has 2 saturated heterocycles. The third-order valence-corrected chi connectivity index (χ3v) is 6.53. The van der Waals surface area contributed by atoms with Crippen molar-refractivity contribution in [2.45, 2.75) is 45.6 Å². The van der Waals surface area contributed by atoms with Crippen LogP contribution in [0.4, 0.5) is 0 Å². The van der Waals surface area contributed by atoms with Crippen LogP contribution in [0, 0.1) is 5.41 Å². The molecule has 1 spiro atoms. The van der Waals surface area contributed by atoms with E-state index >= 15 is 0 Å². The molecule has 4 rings (SSSR count). The van der Waals surface area contributed by atoms with Gasteiger partial charge >= 0.3 is 0 Å². The summed E-state index contributed by atoms with van der Waals surface area (Å²) in [6, 6.07) is 10.3. The summed E-state index contributed by atoms with van der Waals surface area (Å²) in [4.78, 5) is 30.1. The van der Waals surface area contributed by atoms with Gasteiger partial charge in [-0.25, -0.2) is 0 Å². The lowest BCUT2D eigenvalue weighted by molar-refractivity contribution is -0.146. The van der Waals surface area contributed by atoms with Crippen molar-refractivity contribution in [3.05, 3.63) is 53.3 Å². The fourth-order valence-corrected chi connectivity index (χ4v) is 4.70. The number of hydrogen-bond acceptors (Lipinski definition) is 3. The Kier molecular flexibility index (Phi) is 5.19. The lowest BCUT2D eigenvalue weighted by atomic mass is 9.78. The molecule has 6 nitrogen and oxygen atoms in total. The van der Waals surface area contributed by atoms with E-state index in [0.29, 0.717) is 31.2 Å². The Morgan fingerprint density at radius 1 is 1.14 bits per heavy atom. The van der Waals surface area contributed by atoms with E-state index in [9.17, 15) is 9.59 Å². The number of amides is 2. The van der Waals surface area contributed by atoms with Crippen LogP contribution in [0.15, 0.2) is 36.5 Å². The highest BCUT2D eigenvalue weighted by Gasteiger charge is 2.49. The number of nitrogens with zero attached hydrogens (tertiary/aromatic N) is 4. The van der Waals surface area contributed by atoms with Gasteiger partial charge in [0.05, 0.1) is 5.41 Å². The number of hydrogen-bond donors (Lipinski definition) is 0. The quantitative estimate of drug-likeness (QED) is 0.800. The largest absolute Gasteiger partial charge is 0.338 e. The summed E-state index contributed by atoms with van der Waals surface area (Å²) in [5, 5.41) is 4.10. The maximum Gasteiger partial charge on any atom is 0.272 e. The first-order valence-corrected chi connectivity index (χ1v) is 10.6. The highest BCUT2D eigenvalue weighted by atomic mass is 16.2. The van der Waals surface area contributed by atoms with Crippen LogP contribution in [0.3, 0.4) is 0 Å². The molecule has 6 heteroatoms. The van der Waals surface area contributed by atoms with Crippen LogP contribution in [0.1, 0.15) is 60.6 Å². The maximum atomic E-state index is 13.4. The zero-order valence-electron chi connectivity index (χ0n) is 17.6. The SMILES string of the molecule is CC(C)c1ccc(CN2CCCC3(CCN(C(=O)c4ccnn4C)C3)C2=O)cc1. The van der Waals surface area contributed by atoms with Gasteiger partial charge in [0.1, 0.15) is 5.69 Å². The lowest BCUT2D eigenvalue weighted by Crippen LogP contribution is -2.50. The number of likely N-dealkylation sites (tertiary alicyclic amines) is 2. The van der Waals surface area contributed by atoms with Crippen LogP contribution < -0.4 is 0 Å². The highest BCUT2D eigenvalue weighted by molar-refractivity contribution is 5.94. The van der Waals surface area contributed by atoms with Gasteiger partial charge in [-0.05, 0) is 42.4 Å². The van der Waals surface area contributed by atoms with E-state index < -0.39 is 5.41 Å². The van der Waals surface area contributed by atoms with E-state index in [1.807, 2.05) is 9.80 Å². The average Bonchev–Trinajstić information content (AvgIpc) is 3.33. The summed E-state index contributed by atoms with van der Waals surface area (Å²) in [5.74, 6) is 0.679. The van der Waals surface area contributed by atoms with Gasteiger partial charge in [-0.2, -0.15) is 5.10 Å². The van der Waals surface area contributed by atoms with Gasteiger partial charge < -0.3 is 9.80 Å². The third kappa shape index (κ3) is 3.68. The predicted octanol–water partition coefficient (Wildman–Crippen LogP) is 3.20. The Morgan fingerprint density at radius 2 is 1.90 bits per heavy atom. The normalized spacial score (nSPS) is 22.1. The van der Waals surface area contributed by atoms with Crippen molar-refractivity contribution in [1.29, 1.82) is 0 Å². The van der Waals surface area contributed by atoms with Crippen molar-refractivity contribution in [2.24, 2.45) is 12.5 Å². The predicted molar refractivity (Wildman–Crippen MR) is 111 cm³/mol. The minimum atomic E-state index is -0.426. The Balaban J connectivity index is 1.46. The Morgan fingerprint density at radius 3 is 2.55 bits per heavy atom. The number of aryl methyl sites for hydroxylation is 1. The molecule has 3 heterocycles. The van der Waals surface area contributed by atoms with E-state index in [2.05, 4.69) is 43.2 Å². The number of carbonyl (C=O) groups is 2. The summed E-state index contributed by atoms with van der Waals surface area (Å²) in [7, 11) is 1.77. The van der Waals surface area contributed by atoms with Gasteiger partial charge in [-0.15, -0.1) is 0 Å². The Labute approximate surface area is 172 Å². The fourth-order valence-electron chi connectivity index (χ4n) is 4.70. The molecular weight excluding hydrogens is 364 g/mol. The Hall–Kier alpha value is -2.63. The van der Waals surface area contributed by atoms with Gasteiger partial charge in [-0.3, -0.25) is 14.3 Å². The van der Waals surface area contributed by atoms with Gasteiger partial charge in [0.2, 0.25) is 5.91 Å². The fraction of sp³-hybridized carbons (Fsp3) is 0.522. The van der Waals surface area contributed by atoms with Crippen molar-refractivity contribution >= 4 is 11.8 Å². The molecule has 2 aliphatic heterocycles. The highest BCUT2D eigenvalue weighted by Crippen LogP contribution is 2.41. The number of carbonyl (C=O) groups excluding carboxylic acids is 2. The molecule has 0 radical (unpaired) electrons. The molecule has 29 heavy (non-hydrogen) atoms. The molecule has 2 amide bonds. The van der Waals surface area contributed by atoms with Gasteiger partial charge in [0, 0.05) is 39.4 Å². The summed E-state index contributed by atoms with van der Waals surface area (Å²) >= 11 is 0. The number of piperidine rings is 1. The number of benzene rings is 1. The number of rotatable bonds is 4. The monoisotopic (exact) mass is 394 g/mol. The number of aromatic nitrogens is 2. The van der Waals surface area contributed by atoms with Crippen LogP contribution in [-0.4, -0.2) is 51.0 Å². The minimum absolute atomic E-state index is 0.0314. The van der Waals surface area contributed by atoms with Crippen molar-refractivity contribution in [2.75, 3.05) is 19.6 Å². The molecule has 1 unspecified atom stereocenters. The molecule has 1 atom stereocenters. The molecular formula is C23H30N4O2. The first-order chi connectivity index (χ1) is 13.9. The molecule has 0 aliphatic carbocycles. The smallest absolute Gasteiger partial charge is 0.272 e. The molecule has 1 aromatic heterocycles. The average molecular weight is 395 g/mol. The third-order valence-electron chi connectivity index (χ3n) is 6.53. The summed E-state index contributed by atoms with van der Waals surface area (Å²) in [6.45, 7) is 6.96. The summed E-state index contributed by atoms with van der Waals surface area (Å²) in [5.41, 5.74) is 2.63. The van der Waals surface area contributed by atoms with Crippen molar-refractivity contribution < 1.29 is 9.59 Å². The first-order valence-electron chi connectivity index (χ1n) is 10.6. The molecule has 2 aliphatic rings. The molecule has 0 saturated carbocycles. The van der Waals surface area contributed by atoms with E-state index in [-0.39, 0.29) is 11.8 Å². The van der Waals surface area contributed by atoms with E-state index in [0.717, 1.165) is 25.8 Å². The molecule has 2 fully saturated rings. The summed E-state index contributed by atoms with van der Waals surface area (Å²) in [6.07, 6.45) is 4.24.